The molecule has 5 aromatic rings. The molecule has 0 spiro atoms. The molecule has 2 aromatic carbocycles. The van der Waals surface area contributed by atoms with Crippen LogP contribution in [-0.2, 0) is 4.74 Å². The van der Waals surface area contributed by atoms with Crippen molar-refractivity contribution in [1.82, 2.24) is 19.4 Å². The second-order valence-corrected chi connectivity index (χ2v) is 8.19. The molecule has 0 saturated carbocycles. The number of rotatable bonds is 6. The Morgan fingerprint density at radius 3 is 2.51 bits per heavy atom. The molecule has 10 heteroatoms. The van der Waals surface area contributed by atoms with Crippen LogP contribution >= 0.6 is 0 Å². The molecule has 37 heavy (non-hydrogen) atoms. The number of carbonyl (C=O) groups excluding carboxylic acids is 2. The van der Waals surface area contributed by atoms with E-state index in [0.29, 0.717) is 45.5 Å². The maximum absolute atomic E-state index is 12.6. The number of benzene rings is 2. The fourth-order valence-corrected chi connectivity index (χ4v) is 3.91. The summed E-state index contributed by atoms with van der Waals surface area (Å²) in [6.45, 7) is 1.88. The van der Waals surface area contributed by atoms with Gasteiger partial charge in [0.2, 0.25) is 5.95 Å². The Hall–Kier alpha value is -5.25. The molecule has 0 saturated heterocycles. The van der Waals surface area contributed by atoms with Crippen molar-refractivity contribution in [2.75, 3.05) is 23.5 Å². The number of esters is 1. The lowest BCUT2D eigenvalue weighted by molar-refractivity contribution is 0.0600. The van der Waals surface area contributed by atoms with Gasteiger partial charge < -0.3 is 21.1 Å². The normalized spacial score (nSPS) is 10.8. The molecule has 0 aliphatic carbocycles. The maximum Gasteiger partial charge on any atom is 0.338 e. The lowest BCUT2D eigenvalue weighted by Crippen LogP contribution is -2.13. The standard InChI is InChI=1S/C27H23N7O3/c1-16-24(34-14-12-18(26(36)37-2)15-23(34)30-16)22-11-13-29-27(33-22)31-19-9-7-17(8-10-19)25(35)32-21-6-4-3-5-20(21)28/h3-15H,28H2,1-2H3,(H,32,35)(H,29,31,33). The minimum absolute atomic E-state index is 0.263. The number of pyridine rings is 1. The summed E-state index contributed by atoms with van der Waals surface area (Å²) in [7, 11) is 1.34. The molecule has 0 fully saturated rings. The van der Waals surface area contributed by atoms with E-state index >= 15 is 0 Å². The van der Waals surface area contributed by atoms with Gasteiger partial charge in [0.15, 0.2) is 0 Å². The molecule has 4 N–H and O–H groups in total. The summed E-state index contributed by atoms with van der Waals surface area (Å²) in [6, 6.07) is 19.2. The van der Waals surface area contributed by atoms with Gasteiger partial charge in [0.05, 0.1) is 41.1 Å². The number of para-hydroxylation sites is 2. The molecule has 0 radical (unpaired) electrons. The molecular formula is C27H23N7O3. The first kappa shape index (κ1) is 23.5. The molecule has 10 nitrogen and oxygen atoms in total. The maximum atomic E-state index is 12.6. The molecule has 5 rings (SSSR count). The molecule has 3 heterocycles. The Labute approximate surface area is 212 Å². The van der Waals surface area contributed by atoms with E-state index in [4.69, 9.17) is 10.5 Å². The Bertz CT molecular complexity index is 1630. The quantitative estimate of drug-likeness (QED) is 0.233. The van der Waals surface area contributed by atoms with E-state index in [1.54, 1.807) is 79.1 Å². The molecule has 3 aromatic heterocycles. The number of amides is 1. The zero-order valence-corrected chi connectivity index (χ0v) is 20.1. The Morgan fingerprint density at radius 2 is 1.76 bits per heavy atom. The van der Waals surface area contributed by atoms with Crippen LogP contribution in [0.4, 0.5) is 23.0 Å². The van der Waals surface area contributed by atoms with Gasteiger partial charge in [-0.3, -0.25) is 9.20 Å². The molecule has 184 valence electrons. The topological polar surface area (TPSA) is 137 Å². The van der Waals surface area contributed by atoms with Gasteiger partial charge in [-0.2, -0.15) is 0 Å². The third-order valence-electron chi connectivity index (χ3n) is 5.73. The molecule has 0 bridgehead atoms. The zero-order chi connectivity index (χ0) is 25.9. The first-order chi connectivity index (χ1) is 17.9. The summed E-state index contributed by atoms with van der Waals surface area (Å²) in [5.74, 6) is -0.306. The number of hydrogen-bond donors (Lipinski definition) is 3. The summed E-state index contributed by atoms with van der Waals surface area (Å²) >= 11 is 0. The van der Waals surface area contributed by atoms with Crippen LogP contribution in [0, 0.1) is 6.92 Å². The van der Waals surface area contributed by atoms with Crippen molar-refractivity contribution < 1.29 is 14.3 Å². The number of aryl methyl sites for hydroxylation is 1. The van der Waals surface area contributed by atoms with Gasteiger partial charge in [-0.1, -0.05) is 12.1 Å². The van der Waals surface area contributed by atoms with E-state index in [1.807, 2.05) is 11.3 Å². The number of nitrogens with one attached hydrogen (secondary N) is 2. The van der Waals surface area contributed by atoms with Gasteiger partial charge in [-0.15, -0.1) is 0 Å². The highest BCUT2D eigenvalue weighted by Crippen LogP contribution is 2.25. The molecule has 0 unspecified atom stereocenters. The number of hydrogen-bond acceptors (Lipinski definition) is 8. The van der Waals surface area contributed by atoms with Gasteiger partial charge in [0.25, 0.3) is 5.91 Å². The van der Waals surface area contributed by atoms with Crippen LogP contribution in [0.25, 0.3) is 17.0 Å². The first-order valence-corrected chi connectivity index (χ1v) is 11.4. The van der Waals surface area contributed by atoms with E-state index in [2.05, 4.69) is 25.6 Å². The van der Waals surface area contributed by atoms with Crippen LogP contribution in [0.15, 0.2) is 79.1 Å². The van der Waals surface area contributed by atoms with Crippen molar-refractivity contribution in [2.45, 2.75) is 6.92 Å². The highest BCUT2D eigenvalue weighted by Gasteiger charge is 2.16. The van der Waals surface area contributed by atoms with E-state index in [9.17, 15) is 9.59 Å². The number of anilines is 4. The van der Waals surface area contributed by atoms with Gasteiger partial charge in [-0.25, -0.2) is 19.7 Å². The van der Waals surface area contributed by atoms with E-state index in [1.165, 1.54) is 7.11 Å². The SMILES string of the molecule is COC(=O)c1ccn2c(-c3ccnc(Nc4ccc(C(=O)Nc5ccccc5N)cc4)n3)c(C)nc2c1. The number of nitrogens with two attached hydrogens (primary N) is 1. The second-order valence-electron chi connectivity index (χ2n) is 8.19. The van der Waals surface area contributed by atoms with Crippen LogP contribution < -0.4 is 16.4 Å². The number of fused-ring (bicyclic) bond motifs is 1. The van der Waals surface area contributed by atoms with Crippen LogP contribution in [-0.4, -0.2) is 38.3 Å². The molecule has 1 amide bonds. The van der Waals surface area contributed by atoms with Crippen molar-refractivity contribution in [2.24, 2.45) is 0 Å². The van der Waals surface area contributed by atoms with E-state index < -0.39 is 5.97 Å². The summed E-state index contributed by atoms with van der Waals surface area (Å²) < 4.78 is 6.66. The lowest BCUT2D eigenvalue weighted by Gasteiger charge is -2.10. The summed E-state index contributed by atoms with van der Waals surface area (Å²) in [5.41, 5.74) is 11.4. The Morgan fingerprint density at radius 1 is 0.973 bits per heavy atom. The minimum Gasteiger partial charge on any atom is -0.465 e. The third kappa shape index (κ3) is 4.80. The number of ether oxygens (including phenoxy) is 1. The summed E-state index contributed by atoms with van der Waals surface area (Å²) in [4.78, 5) is 38.0. The number of methoxy groups -OCH3 is 1. The lowest BCUT2D eigenvalue weighted by atomic mass is 10.2. The molecule has 0 aliphatic rings. The van der Waals surface area contributed by atoms with Gasteiger partial charge >= 0.3 is 5.97 Å². The monoisotopic (exact) mass is 493 g/mol. The number of carbonyl (C=O) groups is 2. The van der Waals surface area contributed by atoms with Gasteiger partial charge in [0.1, 0.15) is 5.65 Å². The largest absolute Gasteiger partial charge is 0.465 e. The number of aromatic nitrogens is 4. The number of nitrogens with zero attached hydrogens (tertiary/aromatic N) is 4. The van der Waals surface area contributed by atoms with E-state index in [0.717, 1.165) is 11.4 Å². The summed E-state index contributed by atoms with van der Waals surface area (Å²) in [6.07, 6.45) is 3.41. The smallest absolute Gasteiger partial charge is 0.338 e. The average Bonchev–Trinajstić information content (AvgIpc) is 3.25. The highest BCUT2D eigenvalue weighted by molar-refractivity contribution is 6.05. The van der Waals surface area contributed by atoms with Crippen LogP contribution in [0.2, 0.25) is 0 Å². The van der Waals surface area contributed by atoms with Crippen molar-refractivity contribution >= 4 is 40.5 Å². The van der Waals surface area contributed by atoms with Crippen LogP contribution in [0.1, 0.15) is 26.4 Å². The van der Waals surface area contributed by atoms with Crippen molar-refractivity contribution in [3.8, 4) is 11.4 Å². The molecule has 0 atom stereocenters. The predicted octanol–water partition coefficient (Wildman–Crippen LogP) is 4.46. The van der Waals surface area contributed by atoms with E-state index in [-0.39, 0.29) is 5.91 Å². The highest BCUT2D eigenvalue weighted by atomic mass is 16.5. The fourth-order valence-electron chi connectivity index (χ4n) is 3.91. The average molecular weight is 494 g/mol. The molecule has 0 aliphatic heterocycles. The fraction of sp³-hybridized carbons (Fsp3) is 0.0741. The predicted molar refractivity (Wildman–Crippen MR) is 141 cm³/mol. The number of imidazole rings is 1. The Kier molecular flexibility index (Phi) is 6.21. The van der Waals surface area contributed by atoms with Crippen molar-refractivity contribution in [3.05, 3.63) is 95.9 Å². The first-order valence-electron chi connectivity index (χ1n) is 11.4. The van der Waals surface area contributed by atoms with Crippen molar-refractivity contribution in [3.63, 3.8) is 0 Å². The third-order valence-corrected chi connectivity index (χ3v) is 5.73. The van der Waals surface area contributed by atoms with Gasteiger partial charge in [-0.05, 0) is 61.5 Å². The van der Waals surface area contributed by atoms with Crippen molar-refractivity contribution in [1.29, 1.82) is 0 Å². The minimum atomic E-state index is -0.425. The Balaban J connectivity index is 1.35. The molecular weight excluding hydrogens is 470 g/mol. The summed E-state index contributed by atoms with van der Waals surface area (Å²) in [5, 5.41) is 5.97. The van der Waals surface area contributed by atoms with Gasteiger partial charge in [0, 0.05) is 23.6 Å². The van der Waals surface area contributed by atoms with Crippen LogP contribution in [0.3, 0.4) is 0 Å². The number of nitrogen functional groups attached to an aromatic ring is 1. The second kappa shape index (κ2) is 9.78. The van der Waals surface area contributed by atoms with Crippen LogP contribution in [0.5, 0.6) is 0 Å². The zero-order valence-electron chi connectivity index (χ0n) is 20.1.